The number of fused-ring (bicyclic) bond motifs is 1. The van der Waals surface area contributed by atoms with E-state index in [0.717, 1.165) is 6.42 Å². The van der Waals surface area contributed by atoms with E-state index in [-0.39, 0.29) is 18.1 Å². The van der Waals surface area contributed by atoms with Crippen molar-refractivity contribution < 1.29 is 18.5 Å². The molecule has 0 spiro atoms. The molecule has 2 aliphatic heterocycles. The fourth-order valence-corrected chi connectivity index (χ4v) is 3.09. The van der Waals surface area contributed by atoms with Crippen LogP contribution in [0.3, 0.4) is 0 Å². The fraction of sp³-hybridized carbons (Fsp3) is 0.500. The molecule has 0 aliphatic carbocycles. The minimum absolute atomic E-state index is 0.0288. The summed E-state index contributed by atoms with van der Waals surface area (Å²) in [6.07, 6.45) is 2.19. The minimum Gasteiger partial charge on any atom is -0.459 e. The van der Waals surface area contributed by atoms with E-state index in [0.29, 0.717) is 36.5 Å². The lowest BCUT2D eigenvalue weighted by atomic mass is 10.0. The van der Waals surface area contributed by atoms with E-state index >= 15 is 0 Å². The number of rotatable bonds is 2. The van der Waals surface area contributed by atoms with Crippen molar-refractivity contribution >= 4 is 5.91 Å². The van der Waals surface area contributed by atoms with Crippen LogP contribution in [0, 0.1) is 12.8 Å². The molecule has 4 heterocycles. The van der Waals surface area contributed by atoms with Gasteiger partial charge in [-0.05, 0) is 25.5 Å². The second kappa shape index (κ2) is 4.70. The van der Waals surface area contributed by atoms with Crippen molar-refractivity contribution in [1.29, 1.82) is 0 Å². The summed E-state index contributed by atoms with van der Waals surface area (Å²) in [4.78, 5) is 18.2. The fourth-order valence-electron chi connectivity index (χ4n) is 3.09. The molecular formula is C14H15N3O4. The number of hydrogen-bond acceptors (Lipinski definition) is 6. The van der Waals surface area contributed by atoms with Gasteiger partial charge in [-0.15, -0.1) is 0 Å². The Hall–Kier alpha value is -2.15. The van der Waals surface area contributed by atoms with Crippen molar-refractivity contribution in [2.45, 2.75) is 25.6 Å². The Labute approximate surface area is 120 Å². The number of furan rings is 1. The van der Waals surface area contributed by atoms with Gasteiger partial charge < -0.3 is 18.6 Å². The van der Waals surface area contributed by atoms with Crippen LogP contribution in [0.4, 0.5) is 0 Å². The van der Waals surface area contributed by atoms with Crippen LogP contribution < -0.4 is 0 Å². The Morgan fingerprint density at radius 1 is 1.43 bits per heavy atom. The highest BCUT2D eigenvalue weighted by atomic mass is 16.5. The minimum atomic E-state index is -0.151. The van der Waals surface area contributed by atoms with Crippen molar-refractivity contribution in [2.75, 3.05) is 13.1 Å². The summed E-state index contributed by atoms with van der Waals surface area (Å²) in [5, 5.41) is 3.79. The molecule has 2 aromatic heterocycles. The van der Waals surface area contributed by atoms with Gasteiger partial charge in [0.25, 0.3) is 11.8 Å². The molecule has 3 atom stereocenters. The molecule has 7 nitrogen and oxygen atoms in total. The molecule has 7 heteroatoms. The second-order valence-electron chi connectivity index (χ2n) is 5.53. The van der Waals surface area contributed by atoms with Gasteiger partial charge in [-0.1, -0.05) is 5.16 Å². The predicted octanol–water partition coefficient (Wildman–Crippen LogP) is 1.57. The van der Waals surface area contributed by atoms with Crippen LogP contribution in [0.15, 0.2) is 27.3 Å². The lowest BCUT2D eigenvalue weighted by Crippen LogP contribution is -2.30. The molecule has 0 unspecified atom stereocenters. The van der Waals surface area contributed by atoms with Gasteiger partial charge >= 0.3 is 0 Å². The van der Waals surface area contributed by atoms with Gasteiger partial charge in [-0.2, -0.15) is 4.98 Å². The number of nitrogens with zero attached hydrogens (tertiary/aromatic N) is 3. The number of carbonyl (C=O) groups is 1. The third-order valence-electron chi connectivity index (χ3n) is 4.07. The van der Waals surface area contributed by atoms with Gasteiger partial charge in [0.15, 0.2) is 11.6 Å². The zero-order valence-electron chi connectivity index (χ0n) is 11.6. The first kappa shape index (κ1) is 12.6. The Bertz CT molecular complexity index is 637. The van der Waals surface area contributed by atoms with E-state index < -0.39 is 0 Å². The largest absolute Gasteiger partial charge is 0.459 e. The summed E-state index contributed by atoms with van der Waals surface area (Å²) in [5.41, 5.74) is 0. The van der Waals surface area contributed by atoms with Gasteiger partial charge in [0, 0.05) is 19.0 Å². The van der Waals surface area contributed by atoms with Crippen molar-refractivity contribution in [1.82, 2.24) is 15.0 Å². The Morgan fingerprint density at radius 2 is 2.33 bits per heavy atom. The first-order valence-electron chi connectivity index (χ1n) is 6.99. The summed E-state index contributed by atoms with van der Waals surface area (Å²) in [6.45, 7) is 3.04. The van der Waals surface area contributed by atoms with Crippen molar-refractivity contribution in [3.05, 3.63) is 35.9 Å². The van der Waals surface area contributed by atoms with Crippen LogP contribution in [0.1, 0.15) is 34.8 Å². The van der Waals surface area contributed by atoms with E-state index in [4.69, 9.17) is 13.7 Å². The summed E-state index contributed by atoms with van der Waals surface area (Å²) < 4.78 is 16.3. The average Bonchev–Trinajstić information content (AvgIpc) is 3.20. The number of carbonyl (C=O) groups excluding carboxylic acids is 1. The normalized spacial score (nSPS) is 28.0. The van der Waals surface area contributed by atoms with Crippen LogP contribution in [0.2, 0.25) is 0 Å². The van der Waals surface area contributed by atoms with Crippen LogP contribution in [-0.4, -0.2) is 40.1 Å². The van der Waals surface area contributed by atoms with Gasteiger partial charge in [-0.3, -0.25) is 4.79 Å². The first-order chi connectivity index (χ1) is 10.2. The molecule has 0 radical (unpaired) electrons. The molecule has 0 N–H and O–H groups in total. The maximum atomic E-state index is 12.2. The Kier molecular flexibility index (Phi) is 2.81. The molecular weight excluding hydrogens is 274 g/mol. The zero-order valence-corrected chi connectivity index (χ0v) is 11.6. The highest BCUT2D eigenvalue weighted by molar-refractivity contribution is 5.91. The quantitative estimate of drug-likeness (QED) is 0.834. The Balaban J connectivity index is 1.43. The highest BCUT2D eigenvalue weighted by Gasteiger charge is 2.45. The number of amides is 1. The molecule has 4 rings (SSSR count). The Morgan fingerprint density at radius 3 is 3.00 bits per heavy atom. The number of aryl methyl sites for hydroxylation is 1. The molecule has 0 aromatic carbocycles. The first-order valence-corrected chi connectivity index (χ1v) is 6.99. The van der Waals surface area contributed by atoms with Crippen LogP contribution in [0.5, 0.6) is 0 Å². The van der Waals surface area contributed by atoms with Crippen molar-refractivity contribution in [3.63, 3.8) is 0 Å². The van der Waals surface area contributed by atoms with Crippen LogP contribution >= 0.6 is 0 Å². The molecule has 2 aliphatic rings. The molecule has 21 heavy (non-hydrogen) atoms. The highest BCUT2D eigenvalue weighted by Crippen LogP contribution is 2.40. The lowest BCUT2D eigenvalue weighted by Gasteiger charge is -2.17. The van der Waals surface area contributed by atoms with Gasteiger partial charge in [-0.25, -0.2) is 0 Å². The number of aromatic nitrogens is 2. The maximum Gasteiger partial charge on any atom is 0.289 e. The zero-order chi connectivity index (χ0) is 14.4. The lowest BCUT2D eigenvalue weighted by molar-refractivity contribution is 0.0196. The van der Waals surface area contributed by atoms with E-state index in [2.05, 4.69) is 10.1 Å². The molecule has 0 saturated carbocycles. The molecule has 0 bridgehead atoms. The average molecular weight is 289 g/mol. The molecule has 1 amide bonds. The van der Waals surface area contributed by atoms with Crippen molar-refractivity contribution in [2.24, 2.45) is 5.92 Å². The number of likely N-dealkylation sites (tertiary alicyclic amines) is 1. The van der Waals surface area contributed by atoms with E-state index in [9.17, 15) is 4.79 Å². The number of hydrogen-bond donors (Lipinski definition) is 0. The standard InChI is InChI=1S/C14H15N3O4/c1-8-15-13(21-16-8)11-5-9-6-17(7-12(9)20-11)14(18)10-3-2-4-19-10/h2-4,9,11-12H,5-7H2,1H3/t9-,11-,12+/m0/s1. The molecule has 110 valence electrons. The van der Waals surface area contributed by atoms with Gasteiger partial charge in [0.05, 0.1) is 12.4 Å². The van der Waals surface area contributed by atoms with E-state index in [1.54, 1.807) is 24.0 Å². The predicted molar refractivity (Wildman–Crippen MR) is 69.4 cm³/mol. The van der Waals surface area contributed by atoms with Crippen molar-refractivity contribution in [3.8, 4) is 0 Å². The van der Waals surface area contributed by atoms with Crippen LogP contribution in [0.25, 0.3) is 0 Å². The topological polar surface area (TPSA) is 81.6 Å². The smallest absolute Gasteiger partial charge is 0.289 e. The SMILES string of the molecule is Cc1noc([C@@H]2C[C@H]3CN(C(=O)c4ccco4)C[C@H]3O2)n1. The monoisotopic (exact) mass is 289 g/mol. The van der Waals surface area contributed by atoms with Gasteiger partial charge in [0.1, 0.15) is 6.10 Å². The molecule has 2 saturated heterocycles. The summed E-state index contributed by atoms with van der Waals surface area (Å²) in [7, 11) is 0. The van der Waals surface area contributed by atoms with E-state index in [1.807, 2.05) is 0 Å². The third kappa shape index (κ3) is 2.13. The summed E-state index contributed by atoms with van der Waals surface area (Å²) in [6, 6.07) is 3.40. The van der Waals surface area contributed by atoms with E-state index in [1.165, 1.54) is 6.26 Å². The molecule has 2 aromatic rings. The third-order valence-corrected chi connectivity index (χ3v) is 4.07. The second-order valence-corrected chi connectivity index (χ2v) is 5.53. The van der Waals surface area contributed by atoms with Crippen LogP contribution in [-0.2, 0) is 4.74 Å². The maximum absolute atomic E-state index is 12.2. The number of ether oxygens (including phenoxy) is 1. The summed E-state index contributed by atoms with van der Waals surface area (Å²) in [5.74, 6) is 1.74. The molecule has 2 fully saturated rings. The van der Waals surface area contributed by atoms with Gasteiger partial charge in [0.2, 0.25) is 0 Å². The summed E-state index contributed by atoms with van der Waals surface area (Å²) >= 11 is 0.